The van der Waals surface area contributed by atoms with Crippen molar-refractivity contribution in [2.75, 3.05) is 39.9 Å². The number of nitrogens with one attached hydrogen (secondary N) is 1. The molecule has 0 spiro atoms. The van der Waals surface area contributed by atoms with Gasteiger partial charge in [0.15, 0.2) is 11.5 Å². The molecule has 8 nitrogen and oxygen atoms in total. The molecule has 0 bridgehead atoms. The zero-order chi connectivity index (χ0) is 28.0. The third-order valence-corrected chi connectivity index (χ3v) is 7.10. The van der Waals surface area contributed by atoms with Gasteiger partial charge < -0.3 is 23.8 Å². The van der Waals surface area contributed by atoms with Crippen molar-refractivity contribution < 1.29 is 23.7 Å². The standard InChI is InChI=1S/C31H35N3O5/c1-7-34-25-14-13-23(36-3)18-24(25)31(2,20-22-17-27(38-5)28(39-6)19-26(22)37-4)29(34)15-16-32-33-30(35)21-11-9-8-10-12-21/h8-19H,7,20H2,1-6H3,(H,33,35)/b29-15-,32-16+. The SMILES string of the molecule is CCN1/C(=C\C=N\NC(=O)c2ccccc2)C(C)(Cc2cc(OC)c(OC)cc2OC)c2cc(OC)ccc21. The van der Waals surface area contributed by atoms with Crippen LogP contribution in [0.1, 0.15) is 35.3 Å². The van der Waals surface area contributed by atoms with Gasteiger partial charge in [-0.1, -0.05) is 18.2 Å². The lowest BCUT2D eigenvalue weighted by Gasteiger charge is -2.30. The molecule has 204 valence electrons. The molecule has 3 aromatic rings. The molecule has 0 aliphatic carbocycles. The number of anilines is 1. The van der Waals surface area contributed by atoms with E-state index in [1.165, 1.54) is 0 Å². The lowest BCUT2D eigenvalue weighted by molar-refractivity contribution is 0.0955. The monoisotopic (exact) mass is 529 g/mol. The van der Waals surface area contributed by atoms with Gasteiger partial charge in [-0.25, -0.2) is 5.43 Å². The van der Waals surface area contributed by atoms with Gasteiger partial charge in [0.1, 0.15) is 11.5 Å². The first-order chi connectivity index (χ1) is 18.9. The molecule has 1 N–H and O–H groups in total. The van der Waals surface area contributed by atoms with E-state index in [0.717, 1.165) is 34.8 Å². The summed E-state index contributed by atoms with van der Waals surface area (Å²) in [5, 5.41) is 4.22. The molecule has 3 aromatic carbocycles. The summed E-state index contributed by atoms with van der Waals surface area (Å²) < 4.78 is 22.5. The number of benzene rings is 3. The predicted molar refractivity (Wildman–Crippen MR) is 154 cm³/mol. The maximum Gasteiger partial charge on any atom is 0.271 e. The van der Waals surface area contributed by atoms with Crippen LogP contribution in [0.3, 0.4) is 0 Å². The average molecular weight is 530 g/mol. The fraction of sp³-hybridized carbons (Fsp3) is 0.290. The maximum absolute atomic E-state index is 12.5. The van der Waals surface area contributed by atoms with Crippen molar-refractivity contribution in [3.63, 3.8) is 0 Å². The molecule has 0 saturated heterocycles. The van der Waals surface area contributed by atoms with E-state index in [4.69, 9.17) is 18.9 Å². The normalized spacial score (nSPS) is 17.3. The van der Waals surface area contributed by atoms with Gasteiger partial charge in [-0.15, -0.1) is 0 Å². The molecular weight excluding hydrogens is 494 g/mol. The van der Waals surface area contributed by atoms with Crippen LogP contribution < -0.4 is 29.3 Å². The Morgan fingerprint density at radius 1 is 0.923 bits per heavy atom. The molecule has 1 atom stereocenters. The average Bonchev–Trinajstić information content (AvgIpc) is 3.21. The summed E-state index contributed by atoms with van der Waals surface area (Å²) in [4.78, 5) is 14.7. The van der Waals surface area contributed by atoms with Crippen molar-refractivity contribution in [2.45, 2.75) is 25.7 Å². The third-order valence-electron chi connectivity index (χ3n) is 7.10. The number of allylic oxidation sites excluding steroid dienone is 2. The molecule has 39 heavy (non-hydrogen) atoms. The molecule has 1 aliphatic rings. The zero-order valence-electron chi connectivity index (χ0n) is 23.3. The second-order valence-corrected chi connectivity index (χ2v) is 9.29. The van der Waals surface area contributed by atoms with Crippen LogP contribution in [0.5, 0.6) is 23.0 Å². The van der Waals surface area contributed by atoms with Gasteiger partial charge in [0.05, 0.1) is 28.4 Å². The van der Waals surface area contributed by atoms with Crippen LogP contribution in [0.25, 0.3) is 0 Å². The lowest BCUT2D eigenvalue weighted by atomic mass is 9.76. The molecule has 0 radical (unpaired) electrons. The number of fused-ring (bicyclic) bond motifs is 1. The first-order valence-electron chi connectivity index (χ1n) is 12.7. The van der Waals surface area contributed by atoms with Crippen LogP contribution in [-0.4, -0.2) is 47.1 Å². The van der Waals surface area contributed by atoms with E-state index in [9.17, 15) is 4.79 Å². The van der Waals surface area contributed by atoms with Crippen LogP contribution in [0.15, 0.2) is 77.5 Å². The lowest BCUT2D eigenvalue weighted by Crippen LogP contribution is -2.31. The number of hydrogen-bond donors (Lipinski definition) is 1. The van der Waals surface area contributed by atoms with Crippen molar-refractivity contribution in [1.29, 1.82) is 0 Å². The van der Waals surface area contributed by atoms with Gasteiger partial charge in [-0.2, -0.15) is 5.10 Å². The van der Waals surface area contributed by atoms with Crippen LogP contribution in [0.2, 0.25) is 0 Å². The number of hydrazone groups is 1. The first-order valence-corrected chi connectivity index (χ1v) is 12.7. The minimum absolute atomic E-state index is 0.269. The van der Waals surface area contributed by atoms with E-state index >= 15 is 0 Å². The number of nitrogens with zero attached hydrogens (tertiary/aromatic N) is 2. The van der Waals surface area contributed by atoms with Gasteiger partial charge in [0.25, 0.3) is 5.91 Å². The first kappa shape index (κ1) is 27.6. The van der Waals surface area contributed by atoms with Crippen LogP contribution in [-0.2, 0) is 11.8 Å². The molecule has 1 heterocycles. The summed E-state index contributed by atoms with van der Waals surface area (Å²) in [6.45, 7) is 5.05. The van der Waals surface area contributed by atoms with Crippen LogP contribution in [0, 0.1) is 0 Å². The molecule has 1 unspecified atom stereocenters. The van der Waals surface area contributed by atoms with Gasteiger partial charge in [0.2, 0.25) is 0 Å². The number of likely N-dealkylation sites (N-methyl/N-ethyl adjacent to an activating group) is 1. The molecule has 0 aromatic heterocycles. The minimum atomic E-state index is -0.484. The second-order valence-electron chi connectivity index (χ2n) is 9.29. The van der Waals surface area contributed by atoms with Crippen molar-refractivity contribution in [1.82, 2.24) is 5.43 Å². The summed E-state index contributed by atoms with van der Waals surface area (Å²) >= 11 is 0. The second kappa shape index (κ2) is 11.9. The Balaban J connectivity index is 1.77. The summed E-state index contributed by atoms with van der Waals surface area (Å²) in [6.07, 6.45) is 4.18. The maximum atomic E-state index is 12.5. The Morgan fingerprint density at radius 3 is 2.26 bits per heavy atom. The highest BCUT2D eigenvalue weighted by Crippen LogP contribution is 2.52. The molecule has 0 fully saturated rings. The molecular formula is C31H35N3O5. The Morgan fingerprint density at radius 2 is 1.62 bits per heavy atom. The topological polar surface area (TPSA) is 81.6 Å². The summed E-state index contributed by atoms with van der Waals surface area (Å²) in [5.74, 6) is 2.44. The Hall–Kier alpha value is -4.46. The van der Waals surface area contributed by atoms with E-state index in [2.05, 4.69) is 41.4 Å². The number of rotatable bonds is 10. The highest BCUT2D eigenvalue weighted by Gasteiger charge is 2.44. The Labute approximate surface area is 229 Å². The summed E-state index contributed by atoms with van der Waals surface area (Å²) in [5.41, 5.74) is 6.88. The third kappa shape index (κ3) is 5.41. The fourth-order valence-electron chi connectivity index (χ4n) is 5.15. The Kier molecular flexibility index (Phi) is 8.44. The predicted octanol–water partition coefficient (Wildman–Crippen LogP) is 5.36. The molecule has 4 rings (SSSR count). The smallest absolute Gasteiger partial charge is 0.271 e. The van der Waals surface area contributed by atoms with Gasteiger partial charge in [-0.3, -0.25) is 4.79 Å². The van der Waals surface area contributed by atoms with Gasteiger partial charge in [-0.05, 0) is 73.9 Å². The van der Waals surface area contributed by atoms with Gasteiger partial charge in [0, 0.05) is 41.2 Å². The number of ether oxygens (including phenoxy) is 4. The minimum Gasteiger partial charge on any atom is -0.497 e. The van der Waals surface area contributed by atoms with Gasteiger partial charge >= 0.3 is 0 Å². The van der Waals surface area contributed by atoms with E-state index in [1.54, 1.807) is 46.8 Å². The number of amides is 1. The summed E-state index contributed by atoms with van der Waals surface area (Å²) in [7, 11) is 6.54. The molecule has 1 aliphatic heterocycles. The highest BCUT2D eigenvalue weighted by molar-refractivity contribution is 5.94. The van der Waals surface area contributed by atoms with Crippen molar-refractivity contribution in [2.24, 2.45) is 5.10 Å². The van der Waals surface area contributed by atoms with Crippen molar-refractivity contribution >= 4 is 17.8 Å². The number of carbonyl (C=O) groups excluding carboxylic acids is 1. The summed E-state index contributed by atoms with van der Waals surface area (Å²) in [6, 6.07) is 18.9. The molecule has 1 amide bonds. The van der Waals surface area contributed by atoms with E-state index in [-0.39, 0.29) is 5.91 Å². The van der Waals surface area contributed by atoms with E-state index < -0.39 is 5.41 Å². The Bertz CT molecular complexity index is 1390. The van der Waals surface area contributed by atoms with E-state index in [0.29, 0.717) is 29.2 Å². The largest absolute Gasteiger partial charge is 0.497 e. The highest BCUT2D eigenvalue weighted by atomic mass is 16.5. The number of hydrogen-bond acceptors (Lipinski definition) is 7. The number of carbonyl (C=O) groups is 1. The quantitative estimate of drug-likeness (QED) is 0.281. The molecule has 0 saturated carbocycles. The zero-order valence-corrected chi connectivity index (χ0v) is 23.3. The fourth-order valence-corrected chi connectivity index (χ4v) is 5.15. The van der Waals surface area contributed by atoms with Crippen molar-refractivity contribution in [3.05, 3.63) is 89.1 Å². The van der Waals surface area contributed by atoms with Crippen LogP contribution >= 0.6 is 0 Å². The molecule has 8 heteroatoms. The van der Waals surface area contributed by atoms with Crippen LogP contribution in [0.4, 0.5) is 5.69 Å². The number of methoxy groups -OCH3 is 4. The van der Waals surface area contributed by atoms with Crippen molar-refractivity contribution in [3.8, 4) is 23.0 Å². The van der Waals surface area contributed by atoms with E-state index in [1.807, 2.05) is 42.5 Å².